The van der Waals surface area contributed by atoms with E-state index >= 15 is 0 Å². The molecule has 1 aliphatic heterocycles. The van der Waals surface area contributed by atoms with E-state index < -0.39 is 0 Å². The van der Waals surface area contributed by atoms with E-state index in [0.29, 0.717) is 5.95 Å². The van der Waals surface area contributed by atoms with Crippen LogP contribution in [0.15, 0.2) is 54.9 Å². The first-order chi connectivity index (χ1) is 13.1. The fourth-order valence-corrected chi connectivity index (χ4v) is 3.73. The second kappa shape index (κ2) is 6.87. The molecule has 27 heavy (non-hydrogen) atoms. The van der Waals surface area contributed by atoms with Crippen molar-refractivity contribution in [1.82, 2.24) is 14.8 Å². The molecule has 3 aromatic rings. The first-order valence-corrected chi connectivity index (χ1v) is 8.98. The van der Waals surface area contributed by atoms with Gasteiger partial charge in [-0.3, -0.25) is 9.69 Å². The Morgan fingerprint density at radius 2 is 1.67 bits per heavy atom. The number of amides is 1. The molecule has 0 unspecified atom stereocenters. The number of rotatable bonds is 3. The largest absolute Gasteiger partial charge is 0.497 e. The summed E-state index contributed by atoms with van der Waals surface area (Å²) in [4.78, 5) is 18.6. The molecule has 0 aliphatic carbocycles. The van der Waals surface area contributed by atoms with Gasteiger partial charge in [-0.05, 0) is 36.6 Å². The molecule has 1 aliphatic rings. The molecule has 1 amide bonds. The van der Waals surface area contributed by atoms with Crippen LogP contribution >= 0.6 is 0 Å². The van der Waals surface area contributed by atoms with Gasteiger partial charge in [-0.2, -0.15) is 10.1 Å². The molecular formula is C21H22N4O2. The van der Waals surface area contributed by atoms with E-state index in [2.05, 4.69) is 41.3 Å². The van der Waals surface area contributed by atoms with Crippen LogP contribution in [-0.2, 0) is 4.79 Å². The maximum atomic E-state index is 12.5. The van der Waals surface area contributed by atoms with Gasteiger partial charge in [-0.15, -0.1) is 0 Å². The van der Waals surface area contributed by atoms with Crippen LogP contribution in [0.3, 0.4) is 0 Å². The smallest absolute Gasteiger partial charge is 0.231 e. The summed E-state index contributed by atoms with van der Waals surface area (Å²) >= 11 is 0. The van der Waals surface area contributed by atoms with E-state index in [1.54, 1.807) is 18.9 Å². The van der Waals surface area contributed by atoms with Gasteiger partial charge in [0.1, 0.15) is 12.1 Å². The van der Waals surface area contributed by atoms with Gasteiger partial charge < -0.3 is 4.74 Å². The fraction of sp³-hybridized carbons (Fsp3) is 0.286. The Morgan fingerprint density at radius 1 is 1.04 bits per heavy atom. The van der Waals surface area contributed by atoms with Gasteiger partial charge in [0.25, 0.3) is 0 Å². The lowest BCUT2D eigenvalue weighted by atomic mass is 9.91. The normalized spacial score (nSPS) is 18.9. The molecular weight excluding hydrogens is 340 g/mol. The van der Waals surface area contributed by atoms with Crippen LogP contribution in [0, 0.1) is 6.92 Å². The molecule has 1 aromatic heterocycles. The monoisotopic (exact) mass is 362 g/mol. The van der Waals surface area contributed by atoms with Crippen LogP contribution in [0.1, 0.15) is 42.1 Å². The molecule has 138 valence electrons. The Hall–Kier alpha value is -3.15. The predicted octanol–water partition coefficient (Wildman–Crippen LogP) is 3.68. The lowest BCUT2D eigenvalue weighted by molar-refractivity contribution is -0.117. The SMILES string of the molecule is COc1ccc([C@@H]2C[C@H](c3ccc(C)cc3)n3ncnc3N2C(C)=O)cc1. The van der Waals surface area contributed by atoms with E-state index in [9.17, 15) is 4.79 Å². The molecule has 6 heteroatoms. The van der Waals surface area contributed by atoms with Crippen molar-refractivity contribution in [3.8, 4) is 5.75 Å². The molecule has 0 saturated carbocycles. The van der Waals surface area contributed by atoms with Gasteiger partial charge in [-0.1, -0.05) is 42.0 Å². The van der Waals surface area contributed by atoms with Crippen LogP contribution in [-0.4, -0.2) is 27.8 Å². The molecule has 0 fully saturated rings. The third-order valence-electron chi connectivity index (χ3n) is 5.12. The lowest BCUT2D eigenvalue weighted by Crippen LogP contribution is -2.41. The van der Waals surface area contributed by atoms with Crippen molar-refractivity contribution in [1.29, 1.82) is 0 Å². The molecule has 2 atom stereocenters. The maximum Gasteiger partial charge on any atom is 0.231 e. The van der Waals surface area contributed by atoms with Crippen LogP contribution in [0.4, 0.5) is 5.95 Å². The number of methoxy groups -OCH3 is 1. The van der Waals surface area contributed by atoms with Crippen molar-refractivity contribution in [2.75, 3.05) is 12.0 Å². The molecule has 6 nitrogen and oxygen atoms in total. The van der Waals surface area contributed by atoms with E-state index in [1.165, 1.54) is 11.9 Å². The van der Waals surface area contributed by atoms with Crippen molar-refractivity contribution >= 4 is 11.9 Å². The Morgan fingerprint density at radius 3 is 2.30 bits per heavy atom. The quantitative estimate of drug-likeness (QED) is 0.713. The number of benzene rings is 2. The summed E-state index contributed by atoms with van der Waals surface area (Å²) in [5.41, 5.74) is 3.43. The average Bonchev–Trinajstić information content (AvgIpc) is 3.17. The van der Waals surface area contributed by atoms with Crippen molar-refractivity contribution < 1.29 is 9.53 Å². The van der Waals surface area contributed by atoms with Crippen molar-refractivity contribution in [3.63, 3.8) is 0 Å². The number of hydrogen-bond donors (Lipinski definition) is 0. The van der Waals surface area contributed by atoms with Crippen LogP contribution in [0.5, 0.6) is 5.75 Å². The van der Waals surface area contributed by atoms with Gasteiger partial charge in [-0.25, -0.2) is 4.68 Å². The Balaban J connectivity index is 1.80. The number of anilines is 1. The van der Waals surface area contributed by atoms with Crippen LogP contribution in [0.2, 0.25) is 0 Å². The third kappa shape index (κ3) is 3.07. The highest BCUT2D eigenvalue weighted by molar-refractivity contribution is 5.90. The summed E-state index contributed by atoms with van der Waals surface area (Å²) in [6.45, 7) is 3.64. The fourth-order valence-electron chi connectivity index (χ4n) is 3.73. The summed E-state index contributed by atoms with van der Waals surface area (Å²) in [6.07, 6.45) is 2.24. The molecule has 0 N–H and O–H groups in total. The number of fused-ring (bicyclic) bond motifs is 1. The lowest BCUT2D eigenvalue weighted by Gasteiger charge is -2.38. The van der Waals surface area contributed by atoms with E-state index in [-0.39, 0.29) is 18.0 Å². The highest BCUT2D eigenvalue weighted by atomic mass is 16.5. The number of aryl methyl sites for hydroxylation is 1. The minimum atomic E-state index is -0.114. The maximum absolute atomic E-state index is 12.5. The predicted molar refractivity (Wildman–Crippen MR) is 103 cm³/mol. The highest BCUT2D eigenvalue weighted by Gasteiger charge is 2.38. The van der Waals surface area contributed by atoms with Crippen LogP contribution in [0.25, 0.3) is 0 Å². The zero-order chi connectivity index (χ0) is 19.0. The standard InChI is InChI=1S/C21H22N4O2/c1-14-4-6-17(7-5-14)20-12-19(16-8-10-18(27-3)11-9-16)24(15(2)26)21-22-13-23-25(20)21/h4-11,13,19-20H,12H2,1-3H3/t19-,20+/m0/s1. The minimum absolute atomic E-state index is 0.0193. The number of ether oxygens (including phenoxy) is 1. The molecule has 0 radical (unpaired) electrons. The molecule has 2 heterocycles. The molecule has 0 spiro atoms. The zero-order valence-electron chi connectivity index (χ0n) is 15.7. The summed E-state index contributed by atoms with van der Waals surface area (Å²) in [6, 6.07) is 16.2. The van der Waals surface area contributed by atoms with E-state index in [0.717, 1.165) is 23.3 Å². The van der Waals surface area contributed by atoms with Gasteiger partial charge in [0.05, 0.1) is 19.2 Å². The number of aromatic nitrogens is 3. The number of carbonyl (C=O) groups is 1. The van der Waals surface area contributed by atoms with Crippen molar-refractivity contribution in [2.24, 2.45) is 0 Å². The second-order valence-corrected chi connectivity index (χ2v) is 6.84. The number of hydrogen-bond acceptors (Lipinski definition) is 4. The summed E-state index contributed by atoms with van der Waals surface area (Å²) < 4.78 is 7.12. The first-order valence-electron chi connectivity index (χ1n) is 8.98. The third-order valence-corrected chi connectivity index (χ3v) is 5.12. The Labute approximate surface area is 158 Å². The van der Waals surface area contributed by atoms with Gasteiger partial charge in [0.15, 0.2) is 0 Å². The summed E-state index contributed by atoms with van der Waals surface area (Å²) in [5, 5.41) is 4.42. The molecule has 4 rings (SSSR count). The van der Waals surface area contributed by atoms with Gasteiger partial charge in [0.2, 0.25) is 11.9 Å². The highest BCUT2D eigenvalue weighted by Crippen LogP contribution is 2.42. The topological polar surface area (TPSA) is 60.2 Å². The summed E-state index contributed by atoms with van der Waals surface area (Å²) in [7, 11) is 1.65. The van der Waals surface area contributed by atoms with E-state index in [4.69, 9.17) is 4.74 Å². The van der Waals surface area contributed by atoms with Crippen LogP contribution < -0.4 is 9.64 Å². The van der Waals surface area contributed by atoms with Crippen molar-refractivity contribution in [2.45, 2.75) is 32.4 Å². The number of carbonyl (C=O) groups excluding carboxylic acids is 1. The van der Waals surface area contributed by atoms with E-state index in [1.807, 2.05) is 28.9 Å². The second-order valence-electron chi connectivity index (χ2n) is 6.84. The molecule has 0 saturated heterocycles. The Kier molecular flexibility index (Phi) is 4.39. The summed E-state index contributed by atoms with van der Waals surface area (Å²) in [5.74, 6) is 1.33. The van der Waals surface area contributed by atoms with Crippen molar-refractivity contribution in [3.05, 3.63) is 71.5 Å². The van der Waals surface area contributed by atoms with Gasteiger partial charge >= 0.3 is 0 Å². The number of nitrogens with zero attached hydrogens (tertiary/aromatic N) is 4. The zero-order valence-corrected chi connectivity index (χ0v) is 15.7. The van der Waals surface area contributed by atoms with Gasteiger partial charge in [0, 0.05) is 6.92 Å². The first kappa shape index (κ1) is 17.3. The average molecular weight is 362 g/mol. The molecule has 0 bridgehead atoms. The molecule has 2 aromatic carbocycles. The minimum Gasteiger partial charge on any atom is -0.497 e. The Bertz CT molecular complexity index is 947.